The van der Waals surface area contributed by atoms with E-state index in [1.807, 2.05) is 22.6 Å². The summed E-state index contributed by atoms with van der Waals surface area (Å²) in [7, 11) is 0.815. The van der Waals surface area contributed by atoms with Crippen molar-refractivity contribution in [2.24, 2.45) is 0 Å². The third kappa shape index (κ3) is 2.77. The molecule has 1 rings (SSSR count). The van der Waals surface area contributed by atoms with Gasteiger partial charge in [-0.25, -0.2) is 9.18 Å². The second-order valence-corrected chi connectivity index (χ2v) is 4.08. The van der Waals surface area contributed by atoms with Gasteiger partial charge in [-0.1, -0.05) is 0 Å². The number of carbonyl (C=O) groups is 1. The molecule has 0 radical (unpaired) electrons. The number of esters is 1. The van der Waals surface area contributed by atoms with Crippen LogP contribution < -0.4 is 0 Å². The predicted molar refractivity (Wildman–Crippen MR) is 59.3 cm³/mol. The van der Waals surface area contributed by atoms with Crippen LogP contribution >= 0.6 is 22.6 Å². The van der Waals surface area contributed by atoms with Crippen molar-refractivity contribution in [1.29, 1.82) is 0 Å². The van der Waals surface area contributed by atoms with Crippen LogP contribution in [0.1, 0.15) is 10.4 Å². The summed E-state index contributed by atoms with van der Waals surface area (Å²) >= 11 is 1.91. The highest BCUT2D eigenvalue weighted by molar-refractivity contribution is 14.1. The Morgan fingerprint density at radius 2 is 2.31 bits per heavy atom. The molecule has 0 atom stereocenters. The molecule has 0 bridgehead atoms. The zero-order valence-corrected chi connectivity index (χ0v) is 11.2. The fraction of sp³-hybridized carbons (Fsp3) is 0.125. The van der Waals surface area contributed by atoms with Gasteiger partial charge in [0.05, 0.1) is 22.0 Å². The number of hydrogen-bond donors (Lipinski definition) is 0. The Morgan fingerprint density at radius 1 is 1.62 bits per heavy atom. The summed E-state index contributed by atoms with van der Waals surface area (Å²) in [5.74, 6) is -0.716. The Hall–Kier alpha value is -0.433. The van der Waals surface area contributed by atoms with Crippen LogP contribution in [-0.4, -0.2) is 22.4 Å². The van der Waals surface area contributed by atoms with Crippen molar-refractivity contribution >= 4 is 38.8 Å². The first-order valence-corrected chi connectivity index (χ1v) is 6.26. The second kappa shape index (κ2) is 4.71. The average molecular weight is 310 g/mol. The summed E-state index contributed by atoms with van der Waals surface area (Å²) in [4.78, 5) is 11.2. The van der Waals surface area contributed by atoms with Gasteiger partial charge < -0.3 is 4.74 Å². The van der Waals surface area contributed by atoms with E-state index in [1.165, 1.54) is 18.2 Å². The Kier molecular flexibility index (Phi) is 3.85. The van der Waals surface area contributed by atoms with Crippen LogP contribution in [0.15, 0.2) is 18.2 Å². The van der Waals surface area contributed by atoms with E-state index in [4.69, 9.17) is 4.74 Å². The molecule has 1 aromatic carbocycles. The number of ether oxygens (including phenoxy) is 1. The molecule has 0 unspecified atom stereocenters. The van der Waals surface area contributed by atoms with Crippen molar-refractivity contribution < 1.29 is 13.9 Å². The van der Waals surface area contributed by atoms with Crippen molar-refractivity contribution in [2.75, 3.05) is 6.23 Å². The van der Waals surface area contributed by atoms with Gasteiger partial charge in [0.1, 0.15) is 5.82 Å². The maximum absolute atomic E-state index is 12.6. The van der Waals surface area contributed by atoms with Crippen LogP contribution in [0.3, 0.4) is 0 Å². The fourth-order valence-electron chi connectivity index (χ4n) is 0.864. The first-order valence-electron chi connectivity index (χ1n) is 3.77. The minimum Gasteiger partial charge on any atom is -0.467 e. The largest absolute Gasteiger partial charge is 0.467 e. The lowest BCUT2D eigenvalue weighted by atomic mass is 10.2. The summed E-state index contributed by atoms with van der Waals surface area (Å²) in [6.07, 6.45) is 0.465. The van der Waals surface area contributed by atoms with E-state index >= 15 is 0 Å². The molecule has 0 aliphatic heterocycles. The molecule has 0 amide bonds. The smallest absolute Gasteiger partial charge is 0.338 e. The van der Waals surface area contributed by atoms with Crippen LogP contribution in [0.4, 0.5) is 4.39 Å². The topological polar surface area (TPSA) is 26.3 Å². The first kappa shape index (κ1) is 10.6. The molecule has 0 saturated carbocycles. The van der Waals surface area contributed by atoms with Gasteiger partial charge in [-0.2, -0.15) is 0 Å². The Morgan fingerprint density at radius 3 is 2.85 bits per heavy atom. The molecule has 0 fully saturated rings. The maximum Gasteiger partial charge on any atom is 0.338 e. The van der Waals surface area contributed by atoms with Crippen molar-refractivity contribution in [3.63, 3.8) is 0 Å². The van der Waals surface area contributed by atoms with E-state index in [0.717, 1.165) is 10.2 Å². The Bertz CT molecular complexity index is 330. The highest BCUT2D eigenvalue weighted by atomic mass is 127. The number of carbonyl (C=O) groups excluding carboxylic acids is 1. The third-order valence-electron chi connectivity index (χ3n) is 1.43. The third-order valence-corrected chi connectivity index (χ3v) is 2.61. The zero-order valence-electron chi connectivity index (χ0n) is 7.01. The fourth-order valence-corrected chi connectivity index (χ4v) is 1.82. The summed E-state index contributed by atoms with van der Waals surface area (Å²) in [6.45, 7) is 0. The van der Waals surface area contributed by atoms with E-state index in [0.29, 0.717) is 15.4 Å². The maximum atomic E-state index is 12.6. The number of rotatable bonds is 2. The molecule has 0 spiro atoms. The summed E-state index contributed by atoms with van der Waals surface area (Å²) in [6, 6.07) is 4.01. The van der Waals surface area contributed by atoms with Gasteiger partial charge in [-0.15, -0.1) is 0 Å². The molecule has 0 saturated heterocycles. The van der Waals surface area contributed by atoms with Gasteiger partial charge >= 0.3 is 5.97 Å². The highest BCUT2D eigenvalue weighted by Crippen LogP contribution is 2.14. The minimum absolute atomic E-state index is 0.341. The van der Waals surface area contributed by atoms with Crippen LogP contribution in [-0.2, 0) is 4.74 Å². The average Bonchev–Trinajstić information content (AvgIpc) is 2.04. The molecule has 0 aliphatic carbocycles. The quantitative estimate of drug-likeness (QED) is 0.461. The molecule has 2 nitrogen and oxygen atoms in total. The lowest BCUT2D eigenvalue weighted by Gasteiger charge is -2.03. The molecule has 0 N–H and O–H groups in total. The molecule has 13 heavy (non-hydrogen) atoms. The molecular formula is C8H8FIO2Si. The van der Waals surface area contributed by atoms with Gasteiger partial charge in [-0.05, 0) is 40.8 Å². The Balaban J connectivity index is 2.95. The van der Waals surface area contributed by atoms with E-state index in [2.05, 4.69) is 0 Å². The lowest BCUT2D eigenvalue weighted by molar-refractivity contribution is 0.0572. The standard InChI is InChI=1S/C8H8FIO2Si/c9-5-1-2-6(7(10)3-5)8(11)12-4-13/h1-3H,4H2,13H3. The minimum atomic E-state index is -0.376. The van der Waals surface area contributed by atoms with Gasteiger partial charge in [0.15, 0.2) is 0 Å². The summed E-state index contributed by atoms with van der Waals surface area (Å²) in [5, 5.41) is 0. The SMILES string of the molecule is O=C(OC[SiH3])c1ccc(F)cc1I. The highest BCUT2D eigenvalue weighted by Gasteiger charge is 2.10. The molecule has 0 aliphatic rings. The van der Waals surface area contributed by atoms with E-state index in [1.54, 1.807) is 0 Å². The number of hydrogen-bond acceptors (Lipinski definition) is 2. The molecule has 1 aromatic rings. The monoisotopic (exact) mass is 310 g/mol. The van der Waals surface area contributed by atoms with E-state index in [9.17, 15) is 9.18 Å². The second-order valence-electron chi connectivity index (χ2n) is 2.34. The summed E-state index contributed by atoms with van der Waals surface area (Å²) in [5.41, 5.74) is 0.429. The van der Waals surface area contributed by atoms with Crippen LogP contribution in [0.2, 0.25) is 0 Å². The van der Waals surface area contributed by atoms with Crippen LogP contribution in [0, 0.1) is 9.39 Å². The van der Waals surface area contributed by atoms with Crippen molar-refractivity contribution in [3.05, 3.63) is 33.1 Å². The normalized spacial score (nSPS) is 10.0. The molecule has 0 heterocycles. The van der Waals surface area contributed by atoms with Crippen molar-refractivity contribution in [3.8, 4) is 0 Å². The van der Waals surface area contributed by atoms with Crippen molar-refractivity contribution in [1.82, 2.24) is 0 Å². The first-order chi connectivity index (χ1) is 6.15. The Labute approximate surface area is 92.0 Å². The number of halogens is 2. The molecular weight excluding hydrogens is 302 g/mol. The predicted octanol–water partition coefficient (Wildman–Crippen LogP) is 0.910. The van der Waals surface area contributed by atoms with Gasteiger partial charge in [0.25, 0.3) is 0 Å². The van der Waals surface area contributed by atoms with E-state index < -0.39 is 0 Å². The summed E-state index contributed by atoms with van der Waals surface area (Å²) < 4.78 is 18.1. The van der Waals surface area contributed by atoms with Gasteiger partial charge in [-0.3, -0.25) is 0 Å². The van der Waals surface area contributed by atoms with Crippen LogP contribution in [0.5, 0.6) is 0 Å². The lowest BCUT2D eigenvalue weighted by Crippen LogP contribution is -2.08. The van der Waals surface area contributed by atoms with Crippen LogP contribution in [0.25, 0.3) is 0 Å². The van der Waals surface area contributed by atoms with E-state index in [-0.39, 0.29) is 11.8 Å². The van der Waals surface area contributed by atoms with Gasteiger partial charge in [0.2, 0.25) is 0 Å². The zero-order chi connectivity index (χ0) is 9.84. The molecule has 0 aromatic heterocycles. The molecule has 5 heteroatoms. The van der Waals surface area contributed by atoms with Gasteiger partial charge in [0, 0.05) is 3.57 Å². The number of benzene rings is 1. The van der Waals surface area contributed by atoms with Crippen molar-refractivity contribution in [2.45, 2.75) is 0 Å². The molecule has 70 valence electrons.